The monoisotopic (exact) mass is 404 g/mol. The van der Waals surface area contributed by atoms with E-state index < -0.39 is 18.1 Å². The summed E-state index contributed by atoms with van der Waals surface area (Å²) in [6.07, 6.45) is -0.231. The molecule has 9 heteroatoms. The maximum atomic E-state index is 12.9. The lowest BCUT2D eigenvalue weighted by atomic mass is 10.1. The van der Waals surface area contributed by atoms with E-state index in [1.54, 1.807) is 37.3 Å². The number of hydrogen-bond acceptors (Lipinski definition) is 6. The Hall–Kier alpha value is -3.00. The highest BCUT2D eigenvalue weighted by atomic mass is 35.5. The summed E-state index contributed by atoms with van der Waals surface area (Å²) in [4.78, 5) is 31.2. The number of carbonyl (C=O) groups excluding carboxylic acids is 2. The first-order chi connectivity index (χ1) is 13.3. The number of anilines is 3. The number of nitrogens with one attached hydrogen (secondary N) is 1. The molecule has 148 valence electrons. The molecule has 1 aromatic carbocycles. The number of fused-ring (bicyclic) bond motifs is 1. The maximum Gasteiger partial charge on any atom is 0.270 e. The van der Waals surface area contributed by atoms with Crippen LogP contribution in [-0.2, 0) is 9.59 Å². The van der Waals surface area contributed by atoms with Gasteiger partial charge in [0.05, 0.1) is 12.1 Å². The fourth-order valence-corrected chi connectivity index (χ4v) is 3.18. The van der Waals surface area contributed by atoms with Crippen molar-refractivity contribution < 1.29 is 19.1 Å². The molecule has 1 aromatic heterocycles. The molecule has 0 bridgehead atoms. The predicted octanol–water partition coefficient (Wildman–Crippen LogP) is 2.86. The third-order valence-electron chi connectivity index (χ3n) is 4.43. The molecule has 2 unspecified atom stereocenters. The minimum absolute atomic E-state index is 0.227. The van der Waals surface area contributed by atoms with Crippen LogP contribution in [0.4, 0.5) is 17.3 Å². The molecule has 2 aromatic rings. The van der Waals surface area contributed by atoms with Gasteiger partial charge in [-0.15, -0.1) is 0 Å². The highest BCUT2D eigenvalue weighted by molar-refractivity contribution is 6.32. The molecule has 1 aliphatic heterocycles. The predicted molar refractivity (Wildman–Crippen MR) is 107 cm³/mol. The average Bonchev–Trinajstić information content (AvgIpc) is 2.67. The van der Waals surface area contributed by atoms with Crippen LogP contribution in [0.1, 0.15) is 20.3 Å². The number of ether oxygens (including phenoxy) is 2. The second kappa shape index (κ2) is 7.93. The van der Waals surface area contributed by atoms with E-state index in [1.165, 1.54) is 12.0 Å². The van der Waals surface area contributed by atoms with Gasteiger partial charge in [-0.2, -0.15) is 0 Å². The number of aromatic nitrogens is 1. The van der Waals surface area contributed by atoms with Crippen LogP contribution in [0.15, 0.2) is 30.3 Å². The number of pyridine rings is 1. The molecule has 1 aliphatic rings. The second-order valence-electron chi connectivity index (χ2n) is 6.30. The van der Waals surface area contributed by atoms with Crippen LogP contribution in [0.3, 0.4) is 0 Å². The van der Waals surface area contributed by atoms with Gasteiger partial charge in [-0.25, -0.2) is 4.98 Å². The topological polar surface area (TPSA) is 107 Å². The lowest BCUT2D eigenvalue weighted by Crippen LogP contribution is -2.53. The summed E-state index contributed by atoms with van der Waals surface area (Å²) < 4.78 is 10.8. The average molecular weight is 405 g/mol. The van der Waals surface area contributed by atoms with Crippen molar-refractivity contribution in [2.75, 3.05) is 23.1 Å². The van der Waals surface area contributed by atoms with Gasteiger partial charge in [0.1, 0.15) is 17.6 Å². The number of methoxy groups -OCH3 is 1. The van der Waals surface area contributed by atoms with Crippen LogP contribution < -0.4 is 25.4 Å². The Morgan fingerprint density at radius 2 is 2.18 bits per heavy atom. The molecule has 0 radical (unpaired) electrons. The third kappa shape index (κ3) is 3.68. The molecule has 2 atom stereocenters. The van der Waals surface area contributed by atoms with Crippen LogP contribution in [0, 0.1) is 0 Å². The van der Waals surface area contributed by atoms with Crippen molar-refractivity contribution in [3.8, 4) is 11.5 Å². The lowest BCUT2D eigenvalue weighted by molar-refractivity contribution is -0.129. The fraction of sp³-hybridized carbons (Fsp3) is 0.316. The SMILES string of the molecule is CCC1Oc2ccc(N)nc2N(C(C)C(=O)Nc2ccc(OC)c(Cl)c2)C1=O. The van der Waals surface area contributed by atoms with E-state index in [4.69, 9.17) is 26.8 Å². The summed E-state index contributed by atoms with van der Waals surface area (Å²) >= 11 is 6.11. The summed E-state index contributed by atoms with van der Waals surface area (Å²) in [5.41, 5.74) is 6.25. The Morgan fingerprint density at radius 3 is 2.82 bits per heavy atom. The number of halogens is 1. The van der Waals surface area contributed by atoms with Crippen LogP contribution >= 0.6 is 11.6 Å². The van der Waals surface area contributed by atoms with Crippen molar-refractivity contribution in [3.05, 3.63) is 35.4 Å². The van der Waals surface area contributed by atoms with E-state index in [0.717, 1.165) is 0 Å². The number of rotatable bonds is 5. The Kier molecular flexibility index (Phi) is 5.60. The van der Waals surface area contributed by atoms with Crippen molar-refractivity contribution >= 4 is 40.7 Å². The molecule has 8 nitrogen and oxygen atoms in total. The summed E-state index contributed by atoms with van der Waals surface area (Å²) in [7, 11) is 1.51. The van der Waals surface area contributed by atoms with E-state index in [-0.39, 0.29) is 17.5 Å². The van der Waals surface area contributed by atoms with E-state index >= 15 is 0 Å². The second-order valence-corrected chi connectivity index (χ2v) is 6.70. The summed E-state index contributed by atoms with van der Waals surface area (Å²) in [5, 5.41) is 3.12. The van der Waals surface area contributed by atoms with Crippen LogP contribution in [0.2, 0.25) is 5.02 Å². The van der Waals surface area contributed by atoms with Crippen LogP contribution in [0.25, 0.3) is 0 Å². The zero-order chi connectivity index (χ0) is 20.4. The van der Waals surface area contributed by atoms with E-state index in [0.29, 0.717) is 28.6 Å². The number of amides is 2. The van der Waals surface area contributed by atoms with Crippen LogP contribution in [-0.4, -0.2) is 36.1 Å². The number of carbonyl (C=O) groups is 2. The third-order valence-corrected chi connectivity index (χ3v) is 4.72. The van der Waals surface area contributed by atoms with Crippen molar-refractivity contribution in [2.45, 2.75) is 32.4 Å². The molecule has 0 fully saturated rings. The van der Waals surface area contributed by atoms with Gasteiger partial charge in [-0.3, -0.25) is 14.5 Å². The highest BCUT2D eigenvalue weighted by Gasteiger charge is 2.39. The highest BCUT2D eigenvalue weighted by Crippen LogP contribution is 2.35. The van der Waals surface area contributed by atoms with Gasteiger partial charge in [-0.05, 0) is 43.7 Å². The Bertz CT molecular complexity index is 921. The molecule has 0 spiro atoms. The van der Waals surface area contributed by atoms with Crippen molar-refractivity contribution in [3.63, 3.8) is 0 Å². The van der Waals surface area contributed by atoms with Gasteiger partial charge in [0.15, 0.2) is 17.7 Å². The van der Waals surface area contributed by atoms with Crippen molar-refractivity contribution in [1.82, 2.24) is 4.98 Å². The summed E-state index contributed by atoms with van der Waals surface area (Å²) in [5.74, 6) is 0.614. The number of nitrogen functional groups attached to an aromatic ring is 1. The lowest BCUT2D eigenvalue weighted by Gasteiger charge is -2.36. The first kappa shape index (κ1) is 19.8. The van der Waals surface area contributed by atoms with Crippen molar-refractivity contribution in [2.24, 2.45) is 0 Å². The molecule has 2 heterocycles. The zero-order valence-electron chi connectivity index (χ0n) is 15.7. The van der Waals surface area contributed by atoms with Crippen molar-refractivity contribution in [1.29, 1.82) is 0 Å². The first-order valence-electron chi connectivity index (χ1n) is 8.76. The molecule has 0 saturated heterocycles. The van der Waals surface area contributed by atoms with Gasteiger partial charge >= 0.3 is 0 Å². The minimum Gasteiger partial charge on any atom is -0.495 e. The Labute approximate surface area is 167 Å². The maximum absolute atomic E-state index is 12.9. The number of nitrogens with two attached hydrogens (primary N) is 1. The van der Waals surface area contributed by atoms with Gasteiger partial charge in [0, 0.05) is 5.69 Å². The first-order valence-corrected chi connectivity index (χ1v) is 9.14. The molecule has 2 amide bonds. The molecule has 28 heavy (non-hydrogen) atoms. The minimum atomic E-state index is -0.848. The summed E-state index contributed by atoms with van der Waals surface area (Å²) in [6, 6.07) is 7.27. The molecule has 0 aliphatic carbocycles. The number of hydrogen-bond donors (Lipinski definition) is 2. The standard InChI is InChI=1S/C19H21ClN4O4/c1-4-13-19(26)24(17-15(28-13)7-8-16(21)23-17)10(2)18(25)22-11-5-6-14(27-3)12(20)9-11/h5-10,13H,4H2,1-3H3,(H2,21,23)(H,22,25). The van der Waals surface area contributed by atoms with Gasteiger partial charge in [0.25, 0.3) is 5.91 Å². The quantitative estimate of drug-likeness (QED) is 0.793. The van der Waals surface area contributed by atoms with E-state index in [9.17, 15) is 9.59 Å². The fourth-order valence-electron chi connectivity index (χ4n) is 2.92. The zero-order valence-corrected chi connectivity index (χ0v) is 16.5. The smallest absolute Gasteiger partial charge is 0.270 e. The summed E-state index contributed by atoms with van der Waals surface area (Å²) in [6.45, 7) is 3.45. The molecular formula is C19H21ClN4O4. The Balaban J connectivity index is 1.88. The normalized spacial score (nSPS) is 16.8. The molecular weight excluding hydrogens is 384 g/mol. The van der Waals surface area contributed by atoms with Crippen LogP contribution in [0.5, 0.6) is 11.5 Å². The molecule has 3 N–H and O–H groups in total. The molecule has 0 saturated carbocycles. The number of nitrogens with zero attached hydrogens (tertiary/aromatic N) is 2. The van der Waals surface area contributed by atoms with Gasteiger partial charge < -0.3 is 20.5 Å². The van der Waals surface area contributed by atoms with Gasteiger partial charge in [0.2, 0.25) is 5.91 Å². The number of benzene rings is 1. The Morgan fingerprint density at radius 1 is 1.43 bits per heavy atom. The molecule has 3 rings (SSSR count). The van der Waals surface area contributed by atoms with E-state index in [2.05, 4.69) is 10.3 Å². The largest absolute Gasteiger partial charge is 0.495 e. The van der Waals surface area contributed by atoms with E-state index in [1.807, 2.05) is 6.92 Å². The van der Waals surface area contributed by atoms with Gasteiger partial charge in [-0.1, -0.05) is 18.5 Å².